The maximum atomic E-state index is 16.0. The second kappa shape index (κ2) is 28.8. The maximum absolute atomic E-state index is 16.0. The quantitative estimate of drug-likeness (QED) is 0.0119. The third kappa shape index (κ3) is 15.6. The molecule has 2 aliphatic rings. The molecule has 0 unspecified atom stereocenters. The van der Waals surface area contributed by atoms with E-state index in [0.717, 1.165) is 13.8 Å². The van der Waals surface area contributed by atoms with E-state index in [2.05, 4.69) is 45.6 Å². The van der Waals surface area contributed by atoms with Crippen molar-refractivity contribution in [2.45, 2.75) is 128 Å². The molecule has 0 amide bonds. The highest BCUT2D eigenvalue weighted by Crippen LogP contribution is 2.49. The number of alkyl halides is 2. The third-order valence-corrected chi connectivity index (χ3v) is 17.3. The van der Waals surface area contributed by atoms with Gasteiger partial charge >= 0.3 is 27.2 Å². The van der Waals surface area contributed by atoms with Crippen LogP contribution in [-0.2, 0) is 42.2 Å². The summed E-state index contributed by atoms with van der Waals surface area (Å²) < 4.78 is 168. The Balaban J connectivity index is 0.000000262. The van der Waals surface area contributed by atoms with Crippen molar-refractivity contribution in [2.75, 3.05) is 49.4 Å². The monoisotopic (exact) mass is 1330 g/mol. The van der Waals surface area contributed by atoms with Gasteiger partial charge in [0.25, 0.3) is 0 Å². The molecular weight excluding hydrogens is 1260 g/mol. The molecule has 37 heteroatoms. The van der Waals surface area contributed by atoms with Gasteiger partial charge in [0.1, 0.15) is 53.3 Å². The van der Waals surface area contributed by atoms with Gasteiger partial charge < -0.3 is 65.4 Å². The summed E-state index contributed by atoms with van der Waals surface area (Å²) in [6.45, 7) is 10.3. The van der Waals surface area contributed by atoms with E-state index in [1.165, 1.54) is 73.7 Å². The molecule has 3 aromatic carbocycles. The van der Waals surface area contributed by atoms with Crippen molar-refractivity contribution in [1.29, 1.82) is 0 Å². The Hall–Kier alpha value is -7.85. The van der Waals surface area contributed by atoms with Crippen LogP contribution in [0.3, 0.4) is 0 Å². The van der Waals surface area contributed by atoms with Crippen LogP contribution >= 0.6 is 15.3 Å². The molecule has 4 aromatic heterocycles. The van der Waals surface area contributed by atoms with Gasteiger partial charge in [-0.1, -0.05) is 36.4 Å². The number of aromatic nitrogens is 8. The molecule has 91 heavy (non-hydrogen) atoms. The summed E-state index contributed by atoms with van der Waals surface area (Å²) >= 11 is 0. The van der Waals surface area contributed by atoms with Crippen LogP contribution in [-0.4, -0.2) is 154 Å². The number of hydrogen-bond acceptors (Lipinski definition) is 24. The Kier molecular flexibility index (Phi) is 22.3. The zero-order chi connectivity index (χ0) is 67.2. The number of nitrogens with zero attached hydrogens (tertiary/aromatic N) is 8. The number of fused-ring (bicyclic) bond motifs is 2. The standard InChI is InChI=1S/C24H33FN7O7P.C18H17F5NO4P.C12H17FN6O3.2H2/c1-13(2)37-21(34)14(3)31-40(35,39-15-9-7-6-8-10-15)36-11-16-18(33)24(4,25)22(38-16)32-12-28-17-19(27-5)29-23(26)30-20(17)32;1-9(2)27-18(25)10(3)24-29(26,28-11-7-5-4-6-8-11)17-15(22)13(20)12(19)14(21)16(17)23;1-12(13)7(21)5(3-20)22-10(12)19-4-16-6-8(15-2)17-11(14)18-9(6)19;;/h6-10,12-14,16,18,22,33H,11H2,1-5H3,(H,31,35)(H3,26,27,29,30);4-10H,1-3H3,(H,24,26);4-5,7,10,20-21H,3H2,1-2H3,(H3,14,15,17,18);2*1H/t14-,16+,18+,22+,24+,40-;10-,29+;5-,7-,10-,12-;;/m001../s1. The summed E-state index contributed by atoms with van der Waals surface area (Å²) in [5, 5.41) is 38.6. The topological polar surface area (TPSA) is 381 Å². The van der Waals surface area contributed by atoms with Crippen LogP contribution in [0.4, 0.5) is 54.3 Å². The summed E-state index contributed by atoms with van der Waals surface area (Å²) in [5.74, 6) is -12.7. The average Bonchev–Trinajstić information content (AvgIpc) is 1.73. The Bertz CT molecular complexity index is 3790. The number of halogens is 7. The van der Waals surface area contributed by atoms with E-state index in [1.54, 1.807) is 64.3 Å². The zero-order valence-electron chi connectivity index (χ0n) is 50.2. The molecule has 9 rings (SSSR count). The summed E-state index contributed by atoms with van der Waals surface area (Å²) in [6.07, 6.45) is -6.44. The van der Waals surface area contributed by atoms with Crippen molar-refractivity contribution in [2.24, 2.45) is 0 Å². The summed E-state index contributed by atoms with van der Waals surface area (Å²) in [7, 11) is -6.05. The molecule has 0 radical (unpaired) electrons. The van der Waals surface area contributed by atoms with Gasteiger partial charge in [0, 0.05) is 16.9 Å². The second-order valence-corrected chi connectivity index (χ2v) is 24.9. The number of carbonyl (C=O) groups is 2. The Morgan fingerprint density at radius 3 is 1.45 bits per heavy atom. The predicted octanol–water partition coefficient (Wildman–Crippen LogP) is 6.70. The molecule has 7 aromatic rings. The smallest absolute Gasteiger partial charge is 0.459 e. The van der Waals surface area contributed by atoms with Crippen LogP contribution in [0.1, 0.15) is 70.7 Å². The second-order valence-electron chi connectivity index (χ2n) is 21.2. The van der Waals surface area contributed by atoms with Crippen molar-refractivity contribution >= 4 is 78.4 Å². The minimum atomic E-state index is -5.04. The van der Waals surface area contributed by atoms with Crippen LogP contribution in [0.5, 0.6) is 11.5 Å². The van der Waals surface area contributed by atoms with Crippen molar-refractivity contribution in [3.63, 3.8) is 0 Å². The number of ether oxygens (including phenoxy) is 4. The van der Waals surface area contributed by atoms with Crippen molar-refractivity contribution in [1.82, 2.24) is 49.2 Å². The lowest BCUT2D eigenvalue weighted by Crippen LogP contribution is -2.41. The van der Waals surface area contributed by atoms with E-state index >= 15 is 4.39 Å². The van der Waals surface area contributed by atoms with Gasteiger partial charge in [-0.2, -0.15) is 25.0 Å². The van der Waals surface area contributed by atoms with Crippen LogP contribution in [0.25, 0.3) is 22.3 Å². The van der Waals surface area contributed by atoms with Crippen LogP contribution in [0.15, 0.2) is 73.3 Å². The fourth-order valence-electron chi connectivity index (χ4n) is 9.04. The zero-order valence-corrected chi connectivity index (χ0v) is 52.0. The highest BCUT2D eigenvalue weighted by molar-refractivity contribution is 7.65. The first-order chi connectivity index (χ1) is 42.7. The minimum absolute atomic E-state index is 0. The third-order valence-electron chi connectivity index (χ3n) is 13.4. The molecule has 2 aliphatic heterocycles. The van der Waals surface area contributed by atoms with Crippen LogP contribution in [0, 0.1) is 29.1 Å². The predicted molar refractivity (Wildman–Crippen MR) is 318 cm³/mol. The normalized spacial score (nSPS) is 23.3. The number of aliphatic hydroxyl groups is 3. The molecule has 12 atom stereocenters. The molecule has 2 fully saturated rings. The van der Waals surface area contributed by atoms with E-state index in [9.17, 15) is 60.4 Å². The number of para-hydroxylation sites is 2. The molecule has 6 heterocycles. The summed E-state index contributed by atoms with van der Waals surface area (Å²) in [4.78, 5) is 49.0. The Labute approximate surface area is 517 Å². The van der Waals surface area contributed by atoms with E-state index in [4.69, 9.17) is 44.0 Å². The van der Waals surface area contributed by atoms with E-state index in [-0.39, 0.29) is 37.5 Å². The minimum Gasteiger partial charge on any atom is -0.462 e. The Morgan fingerprint density at radius 1 is 0.648 bits per heavy atom. The van der Waals surface area contributed by atoms with Gasteiger partial charge in [-0.3, -0.25) is 27.8 Å². The number of benzene rings is 3. The molecule has 2 saturated heterocycles. The van der Waals surface area contributed by atoms with Crippen molar-refractivity contribution in [3.05, 3.63) is 102 Å². The summed E-state index contributed by atoms with van der Waals surface area (Å²) in [5.41, 5.74) is 8.14. The fourth-order valence-corrected chi connectivity index (χ4v) is 12.6. The number of nitrogen functional groups attached to an aromatic ring is 2. The van der Waals surface area contributed by atoms with Gasteiger partial charge in [-0.15, -0.1) is 0 Å². The molecule has 0 bridgehead atoms. The number of carbonyl (C=O) groups excluding carboxylic acids is 2. The first-order valence-electron chi connectivity index (χ1n) is 27.6. The number of imidazole rings is 2. The molecular formula is C54H71F7N14O14P2. The number of nitrogens with two attached hydrogens (primary N) is 2. The van der Waals surface area contributed by atoms with Gasteiger partial charge in [-0.25, -0.2) is 50.4 Å². The average molecular weight is 1340 g/mol. The molecule has 0 spiro atoms. The van der Waals surface area contributed by atoms with E-state index < -0.39 is 147 Å². The first kappa shape index (κ1) is 70.6. The van der Waals surface area contributed by atoms with Gasteiger partial charge in [0.2, 0.25) is 17.7 Å². The summed E-state index contributed by atoms with van der Waals surface area (Å²) in [6, 6.07) is 12.5. The van der Waals surface area contributed by atoms with Crippen LogP contribution in [0.2, 0.25) is 0 Å². The highest BCUT2D eigenvalue weighted by Gasteiger charge is 2.57. The largest absolute Gasteiger partial charge is 0.462 e. The van der Waals surface area contributed by atoms with E-state index in [0.29, 0.717) is 22.7 Å². The number of aliphatic hydroxyl groups excluding tert-OH is 3. The van der Waals surface area contributed by atoms with Gasteiger partial charge in [0.15, 0.2) is 81.0 Å². The van der Waals surface area contributed by atoms with Crippen molar-refractivity contribution in [3.8, 4) is 11.5 Å². The lowest BCUT2D eigenvalue weighted by atomic mass is 9.98. The molecule has 500 valence electrons. The first-order valence-corrected chi connectivity index (χ1v) is 30.7. The molecule has 0 saturated carbocycles. The fraction of sp³-hybridized carbons (Fsp3) is 0.444. The highest BCUT2D eigenvalue weighted by atomic mass is 31.2. The Morgan fingerprint density at radius 2 is 1.04 bits per heavy atom. The van der Waals surface area contributed by atoms with Gasteiger partial charge in [-0.05, 0) is 79.7 Å². The molecule has 0 aliphatic carbocycles. The maximum Gasteiger partial charge on any atom is 0.459 e. The SMILES string of the molecule is CC(C)OC(=O)[C@H](C)N[P@](=O)(Oc1ccccc1)c1c(F)c(F)c(F)c(F)c1F.CNc1nc(N)nc2c1ncn2[C@@H]1O[C@H](CO)[C@@H](O)[C@@]1(C)F.CNc1nc(N)nc2c1ncn2[C@@H]1O[C@H](CO[P@@](=O)(N[C@@H](C)C(=O)OC(C)C)Oc2ccccc2)[C@@H](O)[C@@]1(C)F.[HH].[HH]. The van der Waals surface area contributed by atoms with Crippen LogP contribution < -0.4 is 46.6 Å². The lowest BCUT2D eigenvalue weighted by molar-refractivity contribution is -0.149. The number of anilines is 4. The number of hydrogen-bond donors (Lipinski definition) is 9. The van der Waals surface area contributed by atoms with Gasteiger partial charge in [0.05, 0.1) is 38.1 Å². The number of nitrogens with one attached hydrogen (secondary N) is 4. The van der Waals surface area contributed by atoms with E-state index in [1.807, 2.05) is 5.09 Å². The lowest BCUT2D eigenvalue weighted by Gasteiger charge is -2.25. The molecule has 28 nitrogen and oxygen atoms in total. The number of esters is 2. The number of rotatable bonds is 21. The molecule has 11 N–H and O–H groups in total. The van der Waals surface area contributed by atoms with Crippen molar-refractivity contribution < 1.29 is 100 Å².